The highest BCUT2D eigenvalue weighted by Crippen LogP contribution is 2.29. The molecular weight excluding hydrogens is 136 g/mol. The molecule has 0 aliphatic heterocycles. The molecule has 0 bridgehead atoms. The summed E-state index contributed by atoms with van der Waals surface area (Å²) < 4.78 is 0. The van der Waals surface area contributed by atoms with E-state index in [4.69, 9.17) is 0 Å². The normalized spacial score (nSPS) is 18.9. The van der Waals surface area contributed by atoms with Crippen molar-refractivity contribution in [2.24, 2.45) is 5.41 Å². The fourth-order valence-corrected chi connectivity index (χ4v) is 1.04. The molecule has 0 amide bonds. The zero-order valence-electron chi connectivity index (χ0n) is 7.93. The summed E-state index contributed by atoms with van der Waals surface area (Å²) in [7, 11) is 0. The minimum atomic E-state index is -0.286. The van der Waals surface area contributed by atoms with Crippen molar-refractivity contribution in [2.45, 2.75) is 46.1 Å². The van der Waals surface area contributed by atoms with E-state index >= 15 is 0 Å². The van der Waals surface area contributed by atoms with Gasteiger partial charge in [0.25, 0.3) is 0 Å². The monoisotopic (exact) mass is 156 g/mol. The van der Waals surface area contributed by atoms with E-state index in [1.165, 1.54) is 6.42 Å². The molecule has 0 saturated heterocycles. The summed E-state index contributed by atoms with van der Waals surface area (Å²) in [5, 5.41) is 9.43. The van der Waals surface area contributed by atoms with Gasteiger partial charge in [0.2, 0.25) is 0 Å². The molecule has 0 spiro atoms. The number of aliphatic hydroxyl groups excluding tert-OH is 1. The number of aliphatic hydroxyl groups is 1. The van der Waals surface area contributed by atoms with Crippen LogP contribution in [0.4, 0.5) is 0 Å². The molecule has 0 aliphatic rings. The zero-order chi connectivity index (χ0) is 8.91. The Balaban J connectivity index is 3.99. The average Bonchev–Trinajstić information content (AvgIpc) is 2.00. The van der Waals surface area contributed by atoms with E-state index in [0.29, 0.717) is 0 Å². The van der Waals surface area contributed by atoms with E-state index < -0.39 is 0 Å². The lowest BCUT2D eigenvalue weighted by Crippen LogP contribution is -2.27. The SMILES string of the molecule is C=C[C@](C)(CCCC)[C@@H](C)O. The van der Waals surface area contributed by atoms with Crippen LogP contribution >= 0.6 is 0 Å². The Hall–Kier alpha value is -0.300. The van der Waals surface area contributed by atoms with Gasteiger partial charge in [-0.25, -0.2) is 0 Å². The van der Waals surface area contributed by atoms with Crippen LogP contribution < -0.4 is 0 Å². The second-order valence-electron chi connectivity index (χ2n) is 3.49. The van der Waals surface area contributed by atoms with E-state index in [0.717, 1.165) is 12.8 Å². The molecule has 1 nitrogen and oxygen atoms in total. The molecule has 0 aromatic carbocycles. The lowest BCUT2D eigenvalue weighted by Gasteiger charge is -2.28. The Morgan fingerprint density at radius 3 is 2.45 bits per heavy atom. The fraction of sp³-hybridized carbons (Fsp3) is 0.800. The van der Waals surface area contributed by atoms with Crippen LogP contribution in [-0.2, 0) is 0 Å². The first kappa shape index (κ1) is 10.7. The Kier molecular flexibility index (Phi) is 4.43. The van der Waals surface area contributed by atoms with Gasteiger partial charge >= 0.3 is 0 Å². The summed E-state index contributed by atoms with van der Waals surface area (Å²) in [6, 6.07) is 0. The van der Waals surface area contributed by atoms with Crippen molar-refractivity contribution in [3.8, 4) is 0 Å². The molecule has 0 unspecified atom stereocenters. The van der Waals surface area contributed by atoms with Crippen molar-refractivity contribution in [2.75, 3.05) is 0 Å². The molecule has 0 rings (SSSR count). The van der Waals surface area contributed by atoms with Crippen LogP contribution in [0.5, 0.6) is 0 Å². The lowest BCUT2D eigenvalue weighted by atomic mass is 9.80. The van der Waals surface area contributed by atoms with Gasteiger partial charge in [-0.3, -0.25) is 0 Å². The van der Waals surface area contributed by atoms with Crippen LogP contribution in [0, 0.1) is 5.41 Å². The van der Waals surface area contributed by atoms with Crippen molar-refractivity contribution in [3.63, 3.8) is 0 Å². The van der Waals surface area contributed by atoms with Gasteiger partial charge in [-0.05, 0) is 13.3 Å². The second-order valence-corrected chi connectivity index (χ2v) is 3.49. The van der Waals surface area contributed by atoms with Crippen molar-refractivity contribution in [3.05, 3.63) is 12.7 Å². The molecule has 0 aromatic heterocycles. The second kappa shape index (κ2) is 4.55. The van der Waals surface area contributed by atoms with Gasteiger partial charge in [0, 0.05) is 5.41 Å². The minimum Gasteiger partial charge on any atom is -0.393 e. The summed E-state index contributed by atoms with van der Waals surface area (Å²) >= 11 is 0. The molecule has 0 saturated carbocycles. The number of unbranched alkanes of at least 4 members (excludes halogenated alkanes) is 1. The maximum absolute atomic E-state index is 9.43. The molecular formula is C10H20O. The first-order valence-corrected chi connectivity index (χ1v) is 4.38. The molecule has 0 fully saturated rings. The van der Waals surface area contributed by atoms with Gasteiger partial charge in [-0.15, -0.1) is 6.58 Å². The molecule has 1 heteroatoms. The van der Waals surface area contributed by atoms with Gasteiger partial charge in [-0.2, -0.15) is 0 Å². The van der Waals surface area contributed by atoms with E-state index in [1.807, 2.05) is 13.0 Å². The van der Waals surface area contributed by atoms with E-state index in [1.54, 1.807) is 0 Å². The summed E-state index contributed by atoms with van der Waals surface area (Å²) in [5.41, 5.74) is -0.0873. The first-order chi connectivity index (χ1) is 5.06. The highest BCUT2D eigenvalue weighted by molar-refractivity contribution is 4.94. The molecule has 0 aromatic rings. The maximum Gasteiger partial charge on any atom is 0.0599 e. The number of hydrogen-bond donors (Lipinski definition) is 1. The molecule has 0 aliphatic carbocycles. The summed E-state index contributed by atoms with van der Waals surface area (Å²) in [5.74, 6) is 0. The third kappa shape index (κ3) is 3.06. The molecule has 1 N–H and O–H groups in total. The Labute approximate surface area is 70.1 Å². The molecule has 0 radical (unpaired) electrons. The minimum absolute atomic E-state index is 0.0873. The highest BCUT2D eigenvalue weighted by Gasteiger charge is 2.24. The average molecular weight is 156 g/mol. The molecule has 66 valence electrons. The quantitative estimate of drug-likeness (QED) is 0.607. The van der Waals surface area contributed by atoms with Gasteiger partial charge in [0.1, 0.15) is 0 Å². The third-order valence-corrected chi connectivity index (χ3v) is 2.49. The topological polar surface area (TPSA) is 20.2 Å². The summed E-state index contributed by atoms with van der Waals surface area (Å²) in [6.07, 6.45) is 4.95. The van der Waals surface area contributed by atoms with Crippen molar-refractivity contribution < 1.29 is 5.11 Å². The van der Waals surface area contributed by atoms with Crippen LogP contribution in [0.3, 0.4) is 0 Å². The van der Waals surface area contributed by atoms with E-state index in [9.17, 15) is 5.11 Å². The number of hydrogen-bond acceptors (Lipinski definition) is 1. The van der Waals surface area contributed by atoms with Gasteiger partial charge in [0.05, 0.1) is 6.10 Å². The Morgan fingerprint density at radius 1 is 1.64 bits per heavy atom. The van der Waals surface area contributed by atoms with Gasteiger partial charge in [-0.1, -0.05) is 32.8 Å². The van der Waals surface area contributed by atoms with Crippen LogP contribution in [0.25, 0.3) is 0 Å². The van der Waals surface area contributed by atoms with E-state index in [-0.39, 0.29) is 11.5 Å². The predicted octanol–water partition coefficient (Wildman–Crippen LogP) is 2.75. The molecule has 2 atom stereocenters. The van der Waals surface area contributed by atoms with Crippen LogP contribution in [0.2, 0.25) is 0 Å². The number of rotatable bonds is 5. The highest BCUT2D eigenvalue weighted by atomic mass is 16.3. The molecule has 0 heterocycles. The first-order valence-electron chi connectivity index (χ1n) is 4.38. The Morgan fingerprint density at radius 2 is 2.18 bits per heavy atom. The van der Waals surface area contributed by atoms with Gasteiger partial charge < -0.3 is 5.11 Å². The third-order valence-electron chi connectivity index (χ3n) is 2.49. The zero-order valence-corrected chi connectivity index (χ0v) is 7.93. The van der Waals surface area contributed by atoms with Crippen LogP contribution in [0.15, 0.2) is 12.7 Å². The Bertz CT molecular complexity index is 118. The summed E-state index contributed by atoms with van der Waals surface area (Å²) in [4.78, 5) is 0. The molecule has 11 heavy (non-hydrogen) atoms. The fourth-order valence-electron chi connectivity index (χ4n) is 1.04. The van der Waals surface area contributed by atoms with Crippen molar-refractivity contribution in [1.82, 2.24) is 0 Å². The van der Waals surface area contributed by atoms with Crippen molar-refractivity contribution in [1.29, 1.82) is 0 Å². The van der Waals surface area contributed by atoms with Crippen LogP contribution in [-0.4, -0.2) is 11.2 Å². The van der Waals surface area contributed by atoms with E-state index in [2.05, 4.69) is 20.4 Å². The lowest BCUT2D eigenvalue weighted by molar-refractivity contribution is 0.0794. The largest absolute Gasteiger partial charge is 0.393 e. The smallest absolute Gasteiger partial charge is 0.0599 e. The predicted molar refractivity (Wildman–Crippen MR) is 49.5 cm³/mol. The standard InChI is InChI=1S/C10H20O/c1-5-7-8-10(4,6-2)9(3)11/h6,9,11H,2,5,7-8H2,1,3-4H3/t9-,10-/m1/s1. The summed E-state index contributed by atoms with van der Waals surface area (Å²) in [6.45, 7) is 9.79. The van der Waals surface area contributed by atoms with Crippen molar-refractivity contribution >= 4 is 0 Å². The van der Waals surface area contributed by atoms with Gasteiger partial charge in [0.15, 0.2) is 0 Å². The maximum atomic E-state index is 9.43. The van der Waals surface area contributed by atoms with Crippen LogP contribution in [0.1, 0.15) is 40.0 Å².